The van der Waals surface area contributed by atoms with Gasteiger partial charge in [0.2, 0.25) is 0 Å². The summed E-state index contributed by atoms with van der Waals surface area (Å²) in [6.07, 6.45) is 0. The summed E-state index contributed by atoms with van der Waals surface area (Å²) in [5.41, 5.74) is 22.2. The molecule has 0 aliphatic rings. The first-order valence-electron chi connectivity index (χ1n) is 45.5. The van der Waals surface area contributed by atoms with Gasteiger partial charge in [0.25, 0.3) is 0 Å². The van der Waals surface area contributed by atoms with Crippen LogP contribution in [0.2, 0.25) is 0 Å². The summed E-state index contributed by atoms with van der Waals surface area (Å²) in [6, 6.07) is 163. The number of hydrogen-bond donors (Lipinski definition) is 0. The minimum Gasteiger partial charge on any atom is -0.456 e. The Morgan fingerprint density at radius 1 is 0.113 bits per heavy atom. The van der Waals surface area contributed by atoms with Crippen molar-refractivity contribution < 1.29 is 17.7 Å². The van der Waals surface area contributed by atoms with Gasteiger partial charge in [-0.25, -0.2) is 0 Å². The van der Waals surface area contributed by atoms with Crippen molar-refractivity contribution in [1.82, 2.24) is 0 Å². The fraction of sp³-hybridized carbons (Fsp3) is 0. The van der Waals surface area contributed by atoms with Gasteiger partial charge in [-0.2, -0.15) is 0 Å². The van der Waals surface area contributed by atoms with Crippen LogP contribution in [-0.4, -0.2) is 0 Å². The van der Waals surface area contributed by atoms with Gasteiger partial charge >= 0.3 is 0 Å². The van der Waals surface area contributed by atoms with Crippen molar-refractivity contribution >= 4 is 238 Å². The normalized spacial score (nSPS) is 12.1. The van der Waals surface area contributed by atoms with Crippen LogP contribution in [0.5, 0.6) is 0 Å². The fourth-order valence-electron chi connectivity index (χ4n) is 21.9. The highest BCUT2D eigenvalue weighted by atomic mass is 32.1. The van der Waals surface area contributed by atoms with Gasteiger partial charge in [0.15, 0.2) is 0 Å². The molecule has 5 heterocycles. The highest BCUT2D eigenvalue weighted by molar-refractivity contribution is 7.25. The van der Waals surface area contributed by atoms with E-state index in [1.165, 1.54) is 205 Å². The molecule has 30 rings (SSSR count). The molecule has 133 heavy (non-hydrogen) atoms. The lowest BCUT2D eigenvalue weighted by Crippen LogP contribution is -1.91. The molecule has 0 saturated heterocycles. The summed E-state index contributed by atoms with van der Waals surface area (Å²) >= 11 is 1.87. The molecule has 0 fully saturated rings. The summed E-state index contributed by atoms with van der Waals surface area (Å²) in [5.74, 6) is 0. The van der Waals surface area contributed by atoms with Crippen molar-refractivity contribution in [1.29, 1.82) is 0 Å². The average molecular weight is 1710 g/mol. The molecule has 0 bridgehead atoms. The quantitative estimate of drug-likeness (QED) is 0.156. The van der Waals surface area contributed by atoms with E-state index in [1.54, 1.807) is 0 Å². The van der Waals surface area contributed by atoms with E-state index in [2.05, 4.69) is 449 Å². The summed E-state index contributed by atoms with van der Waals surface area (Å²) in [6.45, 7) is 0. The Kier molecular flexibility index (Phi) is 16.7. The maximum atomic E-state index is 6.38. The van der Waals surface area contributed by atoms with Gasteiger partial charge in [-0.1, -0.05) is 328 Å². The monoisotopic (exact) mass is 1710 g/mol. The van der Waals surface area contributed by atoms with Gasteiger partial charge in [-0.05, 0) is 307 Å². The molecule has 0 radical (unpaired) electrons. The number of furan rings is 4. The van der Waals surface area contributed by atoms with E-state index in [0.29, 0.717) is 0 Å². The zero-order valence-corrected chi connectivity index (χ0v) is 72.6. The molecular formula is C128H74O4S. The second-order valence-electron chi connectivity index (χ2n) is 35.4. The first-order valence-corrected chi connectivity index (χ1v) is 46.3. The Balaban J connectivity index is 0.0000000999. The van der Waals surface area contributed by atoms with Gasteiger partial charge in [0.05, 0.1) is 0 Å². The van der Waals surface area contributed by atoms with Crippen LogP contribution in [-0.2, 0) is 0 Å². The fourth-order valence-corrected chi connectivity index (χ4v) is 23.0. The number of hydrogen-bond acceptors (Lipinski definition) is 5. The lowest BCUT2D eigenvalue weighted by molar-refractivity contribution is 0.669. The number of benzene rings is 25. The van der Waals surface area contributed by atoms with Gasteiger partial charge in [-0.3, -0.25) is 0 Å². The molecular weight excluding hydrogens is 1630 g/mol. The molecule has 5 aromatic heterocycles. The topological polar surface area (TPSA) is 52.6 Å². The van der Waals surface area contributed by atoms with Gasteiger partial charge in [0, 0.05) is 63.3 Å². The van der Waals surface area contributed by atoms with E-state index in [-0.39, 0.29) is 0 Å². The Labute approximate surface area is 765 Å². The number of fused-ring (bicyclic) bond motifs is 26. The van der Waals surface area contributed by atoms with E-state index in [1.807, 2.05) is 11.3 Å². The standard InChI is InChI=1S/C46H26O2.C42H24OS.C40H24O/c1-3-11-29-25-43-39(21-27(29)9-1)37-23-31(17-19-41(37)47-43)45-33-13-5-7-15-35(33)46(36-16-8-6-14-34(36)45)32-18-20-42-38(24-32)40-22-28-10-2-4-12-30(28)26-44(40)48-42;1-2-10-26-24-38-35(21-25(26)9-1)34-22-27(17-19-37(34)43-38)41-30-12-3-5-14-32(30)42(33-15-6-4-13-31(33)41)28-18-20-40-36(23-28)29-11-7-8-16-39(29)44-40;1-2-10-26-21-29(18-17-25(26)9-1)39-31-13-5-7-15-33(31)40(34-16-8-6-14-32(34)39)30-19-20-37-35(23-30)36-22-27-11-3-4-12-28(27)24-38(36)41-37/h1-26H;1-24H;1-24H. The van der Waals surface area contributed by atoms with Crippen LogP contribution < -0.4 is 0 Å². The first-order chi connectivity index (χ1) is 65.9. The molecule has 4 nitrogen and oxygen atoms in total. The van der Waals surface area contributed by atoms with Gasteiger partial charge in [-0.15, -0.1) is 11.3 Å². The van der Waals surface area contributed by atoms with E-state index >= 15 is 0 Å². The molecule has 616 valence electrons. The minimum absolute atomic E-state index is 0.905. The highest BCUT2D eigenvalue weighted by Crippen LogP contribution is 2.52. The van der Waals surface area contributed by atoms with Crippen LogP contribution in [0, 0.1) is 0 Å². The molecule has 0 spiro atoms. The van der Waals surface area contributed by atoms with E-state index in [9.17, 15) is 0 Å². The van der Waals surface area contributed by atoms with Crippen LogP contribution in [0.1, 0.15) is 0 Å². The highest BCUT2D eigenvalue weighted by Gasteiger charge is 2.25. The summed E-state index contributed by atoms with van der Waals surface area (Å²) < 4.78 is 28.1. The van der Waals surface area contributed by atoms with Gasteiger partial charge in [0.1, 0.15) is 44.7 Å². The maximum absolute atomic E-state index is 6.38. The molecule has 0 saturated carbocycles. The average Bonchev–Trinajstić information content (AvgIpc) is 1.71. The van der Waals surface area contributed by atoms with Crippen molar-refractivity contribution in [3.63, 3.8) is 0 Å². The van der Waals surface area contributed by atoms with E-state index in [0.717, 1.165) is 87.8 Å². The van der Waals surface area contributed by atoms with Crippen LogP contribution in [0.3, 0.4) is 0 Å². The number of rotatable bonds is 6. The Hall–Kier alpha value is -17.2. The minimum atomic E-state index is 0.905. The predicted molar refractivity (Wildman–Crippen MR) is 567 cm³/mol. The lowest BCUT2D eigenvalue weighted by Gasteiger charge is -2.18. The van der Waals surface area contributed by atoms with Crippen molar-refractivity contribution in [3.8, 4) is 66.8 Å². The second-order valence-corrected chi connectivity index (χ2v) is 36.5. The largest absolute Gasteiger partial charge is 0.456 e. The lowest BCUT2D eigenvalue weighted by atomic mass is 9.85. The third kappa shape index (κ3) is 12.0. The van der Waals surface area contributed by atoms with Crippen LogP contribution >= 0.6 is 11.3 Å². The Bertz CT molecular complexity index is 9830. The maximum Gasteiger partial charge on any atom is 0.136 e. The van der Waals surface area contributed by atoms with E-state index in [4.69, 9.17) is 17.7 Å². The Morgan fingerprint density at radius 3 is 0.579 bits per heavy atom. The van der Waals surface area contributed by atoms with Crippen molar-refractivity contribution in [2.24, 2.45) is 0 Å². The third-order valence-corrected chi connectivity index (χ3v) is 29.2. The SMILES string of the molecule is c1ccc2cc(-c3c4ccccc4c(-c4ccc5oc6cc7ccccc7cc6c5c4)c4ccccc34)ccc2c1.c1ccc2cc3c(cc2c1)oc1ccc(-c2c4ccccc4c(-c4ccc5oc6cc7ccccc7cc6c5c4)c4ccccc24)cc13.c1ccc2cc3c(cc2c1)oc1ccc(-c2c4ccccc4c(-c4ccc5sc6ccccc6c5c4)c4ccccc24)cc13. The molecule has 30 aromatic rings. The second kappa shape index (κ2) is 29.7. The molecule has 0 aliphatic heterocycles. The summed E-state index contributed by atoms with van der Waals surface area (Å²) in [5, 5.41) is 39.0. The van der Waals surface area contributed by atoms with Crippen LogP contribution in [0.15, 0.2) is 467 Å². The van der Waals surface area contributed by atoms with E-state index < -0.39 is 0 Å². The summed E-state index contributed by atoms with van der Waals surface area (Å²) in [7, 11) is 0. The molecule has 5 heteroatoms. The molecule has 0 aliphatic carbocycles. The Morgan fingerprint density at radius 2 is 0.301 bits per heavy atom. The van der Waals surface area contributed by atoms with Gasteiger partial charge < -0.3 is 17.7 Å². The first kappa shape index (κ1) is 74.8. The third-order valence-electron chi connectivity index (χ3n) is 28.0. The predicted octanol–water partition coefficient (Wildman–Crippen LogP) is 37.7. The molecule has 0 N–H and O–H groups in total. The molecule has 0 unspecified atom stereocenters. The molecule has 25 aromatic carbocycles. The van der Waals surface area contributed by atoms with Crippen LogP contribution in [0.4, 0.5) is 0 Å². The number of thiophene rings is 1. The van der Waals surface area contributed by atoms with Crippen molar-refractivity contribution in [2.75, 3.05) is 0 Å². The van der Waals surface area contributed by atoms with Crippen molar-refractivity contribution in [3.05, 3.63) is 449 Å². The van der Waals surface area contributed by atoms with Crippen molar-refractivity contribution in [2.45, 2.75) is 0 Å². The zero-order valence-electron chi connectivity index (χ0n) is 71.8. The summed E-state index contributed by atoms with van der Waals surface area (Å²) in [4.78, 5) is 0. The molecule has 0 atom stereocenters. The van der Waals surface area contributed by atoms with Crippen LogP contribution in [0.25, 0.3) is 293 Å². The molecule has 0 amide bonds. The zero-order chi connectivity index (χ0) is 87.0. The smallest absolute Gasteiger partial charge is 0.136 e.